The molecule has 174 valence electrons. The minimum absolute atomic E-state index is 0.644. The monoisotopic (exact) mass is 440 g/mol. The smallest absolute Gasteiger partial charge is 0.0368 e. The first-order chi connectivity index (χ1) is 16.0. The third kappa shape index (κ3) is 5.33. The van der Waals surface area contributed by atoms with Crippen molar-refractivity contribution in [2.45, 2.75) is 46.0 Å². The minimum atomic E-state index is 0.644. The van der Waals surface area contributed by atoms with Crippen molar-refractivity contribution in [1.82, 2.24) is 9.80 Å². The summed E-state index contributed by atoms with van der Waals surface area (Å²) in [6.45, 7) is 16.2. The van der Waals surface area contributed by atoms with Gasteiger partial charge in [0.25, 0.3) is 0 Å². The first kappa shape index (κ1) is 23.6. The molecule has 2 heterocycles. The van der Waals surface area contributed by atoms with Gasteiger partial charge in [0.05, 0.1) is 0 Å². The molecule has 2 heteroatoms. The first-order valence-electron chi connectivity index (χ1n) is 12.6. The Morgan fingerprint density at radius 3 is 2.88 bits per heavy atom. The topological polar surface area (TPSA) is 6.48 Å². The molecule has 0 radical (unpaired) electrons. The average Bonchev–Trinajstić information content (AvgIpc) is 3.18. The molecule has 0 bridgehead atoms. The van der Waals surface area contributed by atoms with Gasteiger partial charge >= 0.3 is 0 Å². The highest BCUT2D eigenvalue weighted by Gasteiger charge is 2.33. The van der Waals surface area contributed by atoms with Crippen LogP contribution in [-0.4, -0.2) is 36.5 Å². The fraction of sp³-hybridized carbons (Fsp3) is 0.419. The molecule has 3 aliphatic rings. The highest BCUT2D eigenvalue weighted by Crippen LogP contribution is 2.38. The molecule has 1 saturated heterocycles. The molecule has 2 nitrogen and oxygen atoms in total. The Morgan fingerprint density at radius 2 is 2.09 bits per heavy atom. The van der Waals surface area contributed by atoms with Gasteiger partial charge in [-0.25, -0.2) is 0 Å². The molecule has 0 spiro atoms. The van der Waals surface area contributed by atoms with Crippen LogP contribution in [0.3, 0.4) is 0 Å². The molecule has 2 unspecified atom stereocenters. The van der Waals surface area contributed by atoms with Crippen molar-refractivity contribution >= 4 is 5.57 Å². The number of likely N-dealkylation sites (N-methyl/N-ethyl adjacent to an activating group) is 1. The van der Waals surface area contributed by atoms with E-state index in [1.165, 1.54) is 46.5 Å². The second-order valence-electron chi connectivity index (χ2n) is 9.98. The summed E-state index contributed by atoms with van der Waals surface area (Å²) in [4.78, 5) is 4.89. The molecule has 2 atom stereocenters. The number of aryl methyl sites for hydroxylation is 2. The largest absolute Gasteiger partial charge is 0.348 e. The molecule has 0 N–H and O–H groups in total. The molecule has 1 aliphatic carbocycles. The molecule has 2 aliphatic heterocycles. The molecule has 1 aromatic rings. The molecular weight excluding hydrogens is 400 g/mol. The van der Waals surface area contributed by atoms with Crippen molar-refractivity contribution in [3.8, 4) is 0 Å². The number of unbranched alkanes of at least 4 members (excludes halogenated alkanes) is 1. The molecule has 0 saturated carbocycles. The van der Waals surface area contributed by atoms with E-state index >= 15 is 0 Å². The van der Waals surface area contributed by atoms with Crippen LogP contribution in [-0.2, 0) is 6.42 Å². The quantitative estimate of drug-likeness (QED) is 0.330. The summed E-state index contributed by atoms with van der Waals surface area (Å²) >= 11 is 0. The van der Waals surface area contributed by atoms with E-state index in [0.717, 1.165) is 38.8 Å². The van der Waals surface area contributed by atoms with Crippen LogP contribution in [0.25, 0.3) is 5.57 Å². The summed E-state index contributed by atoms with van der Waals surface area (Å²) in [5.74, 6) is 1.34. The number of nitrogens with zero attached hydrogens (tertiary/aromatic N) is 2. The van der Waals surface area contributed by atoms with Gasteiger partial charge in [-0.2, -0.15) is 0 Å². The van der Waals surface area contributed by atoms with E-state index in [0.29, 0.717) is 11.8 Å². The zero-order chi connectivity index (χ0) is 23.4. The fourth-order valence-corrected chi connectivity index (χ4v) is 5.55. The lowest BCUT2D eigenvalue weighted by Crippen LogP contribution is -2.25. The van der Waals surface area contributed by atoms with Crippen molar-refractivity contribution in [3.63, 3.8) is 0 Å². The summed E-state index contributed by atoms with van der Waals surface area (Å²) in [6, 6.07) is 6.90. The van der Waals surface area contributed by atoms with Crippen LogP contribution in [0.2, 0.25) is 0 Å². The predicted octanol–water partition coefficient (Wildman–Crippen LogP) is 7.07. The number of hydrogen-bond acceptors (Lipinski definition) is 2. The maximum Gasteiger partial charge on any atom is 0.0368 e. The summed E-state index contributed by atoms with van der Waals surface area (Å²) < 4.78 is 0. The van der Waals surface area contributed by atoms with E-state index in [9.17, 15) is 0 Å². The van der Waals surface area contributed by atoms with Crippen LogP contribution in [0.4, 0.5) is 0 Å². The zero-order valence-corrected chi connectivity index (χ0v) is 20.8. The van der Waals surface area contributed by atoms with Gasteiger partial charge in [0.15, 0.2) is 0 Å². The minimum Gasteiger partial charge on any atom is -0.348 e. The predicted molar refractivity (Wildman–Crippen MR) is 143 cm³/mol. The Hall–Kier alpha value is -2.58. The lowest BCUT2D eigenvalue weighted by molar-refractivity contribution is 0.351. The Bertz CT molecular complexity index is 1020. The Balaban J connectivity index is 1.56. The Kier molecular flexibility index (Phi) is 7.55. The van der Waals surface area contributed by atoms with Gasteiger partial charge in [-0.3, -0.25) is 0 Å². The van der Waals surface area contributed by atoms with Gasteiger partial charge in [0.1, 0.15) is 0 Å². The molecular formula is C31H40N2. The van der Waals surface area contributed by atoms with E-state index in [-0.39, 0.29) is 0 Å². The van der Waals surface area contributed by atoms with Crippen LogP contribution in [0.1, 0.15) is 49.3 Å². The van der Waals surface area contributed by atoms with Crippen molar-refractivity contribution in [2.75, 3.05) is 26.7 Å². The van der Waals surface area contributed by atoms with Crippen LogP contribution in [0.15, 0.2) is 84.8 Å². The highest BCUT2D eigenvalue weighted by atomic mass is 15.1. The van der Waals surface area contributed by atoms with Crippen molar-refractivity contribution in [1.29, 1.82) is 0 Å². The number of benzene rings is 1. The van der Waals surface area contributed by atoms with E-state index in [2.05, 4.69) is 92.6 Å². The second-order valence-corrected chi connectivity index (χ2v) is 9.98. The number of rotatable bonds is 7. The summed E-state index contributed by atoms with van der Waals surface area (Å²) in [6.07, 6.45) is 19.2. The number of allylic oxidation sites excluding steroid dienone is 6. The van der Waals surface area contributed by atoms with Gasteiger partial charge in [0.2, 0.25) is 0 Å². The van der Waals surface area contributed by atoms with Gasteiger partial charge in [-0.05, 0) is 97.6 Å². The van der Waals surface area contributed by atoms with Gasteiger partial charge in [-0.1, -0.05) is 49.9 Å². The average molecular weight is 441 g/mol. The SMILES string of the molecule is C=CCCCc1cc(/C2=C/C=C\N(C3=CC(CC)C4CN(C)CC4=C3)CCC2=C)ccc1C. The van der Waals surface area contributed by atoms with Crippen molar-refractivity contribution < 1.29 is 0 Å². The van der Waals surface area contributed by atoms with Gasteiger partial charge in [-0.15, -0.1) is 6.58 Å². The molecule has 33 heavy (non-hydrogen) atoms. The lowest BCUT2D eigenvalue weighted by atomic mass is 9.81. The normalized spacial score (nSPS) is 26.0. The highest BCUT2D eigenvalue weighted by molar-refractivity contribution is 5.80. The van der Waals surface area contributed by atoms with Gasteiger partial charge in [0, 0.05) is 37.4 Å². The maximum atomic E-state index is 4.49. The van der Waals surface area contributed by atoms with Gasteiger partial charge < -0.3 is 9.80 Å². The number of hydrogen-bond donors (Lipinski definition) is 0. The van der Waals surface area contributed by atoms with Crippen LogP contribution >= 0.6 is 0 Å². The molecule has 0 aromatic heterocycles. The third-order valence-electron chi connectivity index (χ3n) is 7.55. The van der Waals surface area contributed by atoms with Crippen molar-refractivity contribution in [2.24, 2.45) is 11.8 Å². The second kappa shape index (κ2) is 10.6. The third-order valence-corrected chi connectivity index (χ3v) is 7.55. The van der Waals surface area contributed by atoms with Crippen LogP contribution in [0.5, 0.6) is 0 Å². The van der Waals surface area contributed by atoms with E-state index in [1.807, 2.05) is 6.08 Å². The van der Waals surface area contributed by atoms with E-state index in [4.69, 9.17) is 0 Å². The Labute approximate surface area is 201 Å². The molecule has 1 fully saturated rings. The van der Waals surface area contributed by atoms with Crippen LogP contribution in [0, 0.1) is 18.8 Å². The molecule has 0 amide bonds. The summed E-state index contributed by atoms with van der Waals surface area (Å²) in [5.41, 5.74) is 9.58. The molecule has 1 aromatic carbocycles. The van der Waals surface area contributed by atoms with E-state index < -0.39 is 0 Å². The van der Waals surface area contributed by atoms with Crippen molar-refractivity contribution in [3.05, 3.63) is 101 Å². The van der Waals surface area contributed by atoms with Crippen LogP contribution < -0.4 is 0 Å². The zero-order valence-electron chi connectivity index (χ0n) is 20.8. The van der Waals surface area contributed by atoms with E-state index in [1.54, 1.807) is 5.57 Å². The summed E-state index contributed by atoms with van der Waals surface area (Å²) in [7, 11) is 2.24. The summed E-state index contributed by atoms with van der Waals surface area (Å²) in [5, 5.41) is 0. The number of likely N-dealkylation sites (tertiary alicyclic amines) is 1. The fourth-order valence-electron chi connectivity index (χ4n) is 5.55. The lowest BCUT2D eigenvalue weighted by Gasteiger charge is -2.31. The molecule has 4 rings (SSSR count). The maximum absolute atomic E-state index is 4.49. The standard InChI is InChI=1S/C31H40N2/c1-6-8-9-11-26-18-27(14-13-23(26)3)30-12-10-16-33(17-15-24(30)4)29-19-25(7-2)31-22-32(5)21-28(31)20-29/h6,10,12-14,16,18-20,25,31H,1,4,7-9,11,15,17,21-22H2,2-3,5H3/b16-10-,30-12+. The first-order valence-corrected chi connectivity index (χ1v) is 12.6. The number of fused-ring (bicyclic) bond motifs is 1. The Morgan fingerprint density at radius 1 is 1.24 bits per heavy atom.